The van der Waals surface area contributed by atoms with Gasteiger partial charge < -0.3 is 56.8 Å². The van der Waals surface area contributed by atoms with Gasteiger partial charge in [-0.1, -0.05) is 276 Å². The van der Waals surface area contributed by atoms with E-state index in [4.69, 9.17) is 56.8 Å². The van der Waals surface area contributed by atoms with E-state index in [0.717, 1.165) is 83.0 Å². The van der Waals surface area contributed by atoms with Crippen molar-refractivity contribution in [1.82, 2.24) is 0 Å². The highest BCUT2D eigenvalue weighted by molar-refractivity contribution is 6.00. The Morgan fingerprint density at radius 3 is 1.22 bits per heavy atom. The fourth-order valence-electron chi connectivity index (χ4n) is 21.5. The monoisotopic (exact) mass is 1550 g/mol. The number of benzene rings is 9. The number of esters is 1. The largest absolute Gasteiger partial charge is 0.496 e. The molecule has 0 aromatic heterocycles. The van der Waals surface area contributed by atoms with Crippen LogP contribution in [-0.2, 0) is 110 Å². The van der Waals surface area contributed by atoms with Crippen LogP contribution in [0.25, 0.3) is 0 Å². The first-order valence-corrected chi connectivity index (χ1v) is 42.2. The molecule has 2 saturated heterocycles. The van der Waals surface area contributed by atoms with Gasteiger partial charge in [0.25, 0.3) is 0 Å². The maximum absolute atomic E-state index is 15.7. The molecule has 2 unspecified atom stereocenters. The van der Waals surface area contributed by atoms with Crippen molar-refractivity contribution in [3.8, 4) is 5.75 Å². The molecule has 0 amide bonds. The Balaban J connectivity index is 0.911. The molecule has 4 saturated carbocycles. The van der Waals surface area contributed by atoms with E-state index in [1.54, 1.807) is 7.11 Å². The second-order valence-corrected chi connectivity index (χ2v) is 33.8. The lowest BCUT2D eigenvalue weighted by Gasteiger charge is -2.68. The summed E-state index contributed by atoms with van der Waals surface area (Å²) in [5.41, 5.74) is 8.11. The molecule has 604 valence electrons. The van der Waals surface area contributed by atoms with Gasteiger partial charge in [-0.05, 0) is 166 Å². The second kappa shape index (κ2) is 39.2. The van der Waals surface area contributed by atoms with Gasteiger partial charge in [-0.15, -0.1) is 0 Å². The molecule has 115 heavy (non-hydrogen) atoms. The molecule has 15 rings (SSSR count). The number of hydrogen-bond donors (Lipinski definition) is 0. The molecule has 9 aromatic carbocycles. The Hall–Kier alpha value is -8.48. The van der Waals surface area contributed by atoms with E-state index in [0.29, 0.717) is 83.4 Å². The Kier molecular flexibility index (Phi) is 27.8. The molecule has 0 bridgehead atoms. The van der Waals surface area contributed by atoms with Crippen LogP contribution < -0.4 is 4.74 Å². The van der Waals surface area contributed by atoms with Gasteiger partial charge >= 0.3 is 5.97 Å². The minimum atomic E-state index is -0.678. The van der Waals surface area contributed by atoms with Gasteiger partial charge in [0.2, 0.25) is 0 Å². The van der Waals surface area contributed by atoms with Gasteiger partial charge in [0.1, 0.15) is 54.6 Å². The smallest absolute Gasteiger partial charge is 0.305 e. The summed E-state index contributed by atoms with van der Waals surface area (Å²) in [5.74, 6) is 0.215. The Morgan fingerprint density at radius 1 is 0.409 bits per heavy atom. The Bertz CT molecular complexity index is 4430. The van der Waals surface area contributed by atoms with E-state index in [-0.39, 0.29) is 83.6 Å². The number of ether oxygens (including phenoxy) is 12. The predicted molar refractivity (Wildman–Crippen MR) is 444 cm³/mol. The summed E-state index contributed by atoms with van der Waals surface area (Å²) in [7, 11) is 3.16. The number of methoxy groups -OCH3 is 2. The van der Waals surface area contributed by atoms with Crippen LogP contribution >= 0.6 is 0 Å². The van der Waals surface area contributed by atoms with Gasteiger partial charge in [-0.25, -0.2) is 0 Å². The van der Waals surface area contributed by atoms with Gasteiger partial charge in [0.05, 0.1) is 98.1 Å². The molecule has 2 heterocycles. The van der Waals surface area contributed by atoms with Gasteiger partial charge in [0.15, 0.2) is 5.78 Å². The van der Waals surface area contributed by atoms with Gasteiger partial charge in [-0.3, -0.25) is 9.59 Å². The number of fused-ring (bicyclic) bond motifs is 5. The molecular formula is C101H116O14. The number of ketones is 1. The topological polar surface area (TPSA) is 145 Å². The number of carbonyl (C=O) groups excluding carboxylic acids is 2. The van der Waals surface area contributed by atoms with Crippen molar-refractivity contribution in [2.45, 2.75) is 192 Å². The van der Waals surface area contributed by atoms with Crippen LogP contribution in [0.1, 0.15) is 133 Å². The molecule has 0 N–H and O–H groups in total. The highest BCUT2D eigenvalue weighted by atomic mass is 16.6. The quantitative estimate of drug-likeness (QED) is 0.0274. The van der Waals surface area contributed by atoms with E-state index in [9.17, 15) is 4.79 Å². The maximum Gasteiger partial charge on any atom is 0.305 e. The summed E-state index contributed by atoms with van der Waals surface area (Å²) in [6.45, 7) is 10.5. The molecule has 2 aliphatic heterocycles. The third-order valence-corrected chi connectivity index (χ3v) is 27.2. The van der Waals surface area contributed by atoms with E-state index < -0.39 is 66.5 Å². The summed E-state index contributed by atoms with van der Waals surface area (Å²) in [6.07, 6.45) is 0.0697. The van der Waals surface area contributed by atoms with Crippen LogP contribution in [0.15, 0.2) is 267 Å². The average molecular weight is 1550 g/mol. The number of hydrogen-bond acceptors (Lipinski definition) is 14. The fourth-order valence-corrected chi connectivity index (χ4v) is 21.5. The summed E-state index contributed by atoms with van der Waals surface area (Å²) in [6, 6.07) is 91.0. The number of Topliss-reactive ketones (excluding diaryl/α,β-unsaturated/α-hetero) is 1. The first-order valence-electron chi connectivity index (χ1n) is 42.2. The molecule has 6 fully saturated rings. The van der Waals surface area contributed by atoms with E-state index >= 15 is 4.79 Å². The molecule has 21 atom stereocenters. The van der Waals surface area contributed by atoms with Crippen LogP contribution in [0.5, 0.6) is 5.75 Å². The van der Waals surface area contributed by atoms with Crippen molar-refractivity contribution >= 4 is 11.8 Å². The molecule has 14 nitrogen and oxygen atoms in total. The van der Waals surface area contributed by atoms with Crippen molar-refractivity contribution in [2.75, 3.05) is 27.4 Å². The lowest BCUT2D eigenvalue weighted by atomic mass is 9.38. The molecule has 6 aliphatic rings. The van der Waals surface area contributed by atoms with Crippen molar-refractivity contribution < 1.29 is 66.4 Å². The van der Waals surface area contributed by atoms with Gasteiger partial charge in [0, 0.05) is 12.3 Å². The third kappa shape index (κ3) is 19.2. The van der Waals surface area contributed by atoms with E-state index in [1.165, 1.54) is 7.11 Å². The molecule has 0 radical (unpaired) electrons. The van der Waals surface area contributed by atoms with Crippen LogP contribution in [0.2, 0.25) is 0 Å². The minimum absolute atomic E-state index is 0.0291. The van der Waals surface area contributed by atoms with E-state index in [2.05, 4.69) is 227 Å². The predicted octanol–water partition coefficient (Wildman–Crippen LogP) is 19.7. The lowest BCUT2D eigenvalue weighted by Crippen LogP contribution is -2.69. The second-order valence-electron chi connectivity index (χ2n) is 33.8. The number of carbonyl (C=O) groups is 2. The molecule has 4 aliphatic carbocycles. The zero-order chi connectivity index (χ0) is 78.9. The molecular weight excluding hydrogens is 1440 g/mol. The van der Waals surface area contributed by atoms with Crippen molar-refractivity contribution in [3.05, 3.63) is 317 Å². The minimum Gasteiger partial charge on any atom is -0.496 e. The first kappa shape index (κ1) is 81.7. The van der Waals surface area contributed by atoms with Crippen molar-refractivity contribution in [2.24, 2.45) is 64.1 Å². The number of rotatable bonds is 35. The van der Waals surface area contributed by atoms with Crippen molar-refractivity contribution in [1.29, 1.82) is 0 Å². The van der Waals surface area contributed by atoms with E-state index in [1.807, 2.05) is 60.7 Å². The van der Waals surface area contributed by atoms with Crippen LogP contribution in [0, 0.1) is 64.1 Å². The number of para-hydroxylation sites is 1. The van der Waals surface area contributed by atoms with Crippen LogP contribution in [0.4, 0.5) is 0 Å². The van der Waals surface area contributed by atoms with Crippen molar-refractivity contribution in [3.63, 3.8) is 0 Å². The van der Waals surface area contributed by atoms with Crippen LogP contribution in [-0.4, -0.2) is 100 Å². The zero-order valence-electron chi connectivity index (χ0n) is 67.5. The fraction of sp³-hybridized carbons (Fsp3) is 0.446. The highest BCUT2D eigenvalue weighted by Crippen LogP contribution is 2.73. The third-order valence-electron chi connectivity index (χ3n) is 27.2. The Morgan fingerprint density at radius 2 is 0.791 bits per heavy atom. The zero-order valence-corrected chi connectivity index (χ0v) is 67.5. The summed E-state index contributed by atoms with van der Waals surface area (Å²) >= 11 is 0. The standard InChI is InChI=1S/C101H116O14/c1-69(50-53-89(102)105-5)82-51-52-83-90-81(92-96(110-63-74-40-22-10-23-41-74)98(112-65-76-44-26-12-27-45-76)94(108-61-72-36-18-8-19-37-72)87(114-92)67-106-59-70-32-14-6-15-33-70)57-79-56-78(91(103)80-48-30-31-49-86(80)104-4)54-55-100(79,2)84(90)58-85(101(82,83)3)93-97(111-64-75-42-24-11-25-43-75)99(113-66-77-46-28-13-29-47-77)95(109-62-73-38-20-9-21-39-73)88(115-93)68-107-60-71-34-16-7-17-35-71/h6-49,69,78-79,81-85,87-88,90,92-99H,50-68H2,1-5H3/t69-,78?,79+,81+,82-,83+,84+,85+,87-,88-,90+,92?,93+,94-,95-,96+,97+,98+,99+,100+,101-/m1/s1. The highest BCUT2D eigenvalue weighted by Gasteiger charge is 2.71. The summed E-state index contributed by atoms with van der Waals surface area (Å²) < 4.78 is 87.9. The SMILES string of the molecule is COC(=O)CC[C@@H](C)[C@H]1CC[C@H]2[C@@H]3[C@@H](C4O[C@H](COCc5ccccc5)[C@@H](OCc5ccccc5)[C@H](OCc5ccccc5)[C@H]4OCc4ccccc4)C[C@@H]4CC(C(=O)c5ccccc5OC)CC[C@]4(C)[C@H]3C[C@@H]([C@@H]3O[C@H](COCc4ccccc4)[C@@H](OCc4ccccc4)[C@H](OCc4ccccc4)[C@H]3OCc3ccccc3)[C@]12C. The molecule has 0 spiro atoms. The Labute approximate surface area is 681 Å². The first-order chi connectivity index (χ1) is 56.4. The lowest BCUT2D eigenvalue weighted by molar-refractivity contribution is -0.312. The molecule has 14 heteroatoms. The summed E-state index contributed by atoms with van der Waals surface area (Å²) in [5, 5.41) is 0. The van der Waals surface area contributed by atoms with Crippen LogP contribution in [0.3, 0.4) is 0 Å². The van der Waals surface area contributed by atoms with Gasteiger partial charge in [-0.2, -0.15) is 0 Å². The maximum atomic E-state index is 15.7. The average Bonchev–Trinajstić information content (AvgIpc) is 1.57. The normalized spacial score (nSPS) is 29.9. The summed E-state index contributed by atoms with van der Waals surface area (Å²) in [4.78, 5) is 29.3. The molecule has 9 aromatic rings.